The fraction of sp³-hybridized carbons (Fsp3) is 0.600. The monoisotopic (exact) mass is 193 g/mol. The summed E-state index contributed by atoms with van der Waals surface area (Å²) < 4.78 is 0. The normalized spacial score (nSPS) is 19.2. The largest absolute Gasteiger partial charge is 0.391 e. The van der Waals surface area contributed by atoms with Crippen molar-refractivity contribution < 1.29 is 5.11 Å². The summed E-state index contributed by atoms with van der Waals surface area (Å²) in [6.07, 6.45) is 3.20. The lowest BCUT2D eigenvalue weighted by Crippen LogP contribution is -2.53. The Hall–Kier alpha value is -1.16. The minimum absolute atomic E-state index is 0.00705. The zero-order valence-corrected chi connectivity index (χ0v) is 8.56. The number of aromatic nitrogens is 2. The number of nitrogens with zero attached hydrogens (tertiary/aromatic N) is 3. The molecule has 1 N–H and O–H groups in total. The van der Waals surface area contributed by atoms with Crippen molar-refractivity contribution in [2.24, 2.45) is 5.41 Å². The molecule has 0 spiro atoms. The minimum atomic E-state index is 0.00705. The lowest BCUT2D eigenvalue weighted by Gasteiger charge is -2.47. The fourth-order valence-electron chi connectivity index (χ4n) is 1.89. The van der Waals surface area contributed by atoms with Crippen LogP contribution in [-0.4, -0.2) is 28.2 Å². The summed E-state index contributed by atoms with van der Waals surface area (Å²) in [7, 11) is 0. The van der Waals surface area contributed by atoms with Gasteiger partial charge in [0, 0.05) is 24.8 Å². The molecule has 1 saturated heterocycles. The third-order valence-corrected chi connectivity index (χ3v) is 2.47. The van der Waals surface area contributed by atoms with Crippen LogP contribution in [0, 0.1) is 5.41 Å². The SMILES string of the molecule is CC1(C)CN(c2ncncc2CO)C1. The van der Waals surface area contributed by atoms with Crippen LogP contribution in [-0.2, 0) is 6.61 Å². The summed E-state index contributed by atoms with van der Waals surface area (Å²) in [4.78, 5) is 10.3. The zero-order chi connectivity index (χ0) is 10.2. The van der Waals surface area contributed by atoms with Crippen LogP contribution >= 0.6 is 0 Å². The number of hydrogen-bond donors (Lipinski definition) is 1. The number of aliphatic hydroxyl groups excluding tert-OH is 1. The van der Waals surface area contributed by atoms with Crippen molar-refractivity contribution in [2.45, 2.75) is 20.5 Å². The van der Waals surface area contributed by atoms with Gasteiger partial charge < -0.3 is 10.0 Å². The molecule has 14 heavy (non-hydrogen) atoms. The highest BCUT2D eigenvalue weighted by molar-refractivity contribution is 5.48. The molecule has 1 aromatic rings. The Kier molecular flexibility index (Phi) is 2.15. The van der Waals surface area contributed by atoms with E-state index < -0.39 is 0 Å². The molecule has 1 fully saturated rings. The van der Waals surface area contributed by atoms with Crippen molar-refractivity contribution in [1.29, 1.82) is 0 Å². The van der Waals surface area contributed by atoms with Crippen LogP contribution in [0.3, 0.4) is 0 Å². The fourth-order valence-corrected chi connectivity index (χ4v) is 1.89. The standard InChI is InChI=1S/C10H15N3O/c1-10(2)5-13(6-10)9-8(4-14)3-11-7-12-9/h3,7,14H,4-6H2,1-2H3. The maximum Gasteiger partial charge on any atom is 0.137 e. The van der Waals surface area contributed by atoms with E-state index in [-0.39, 0.29) is 6.61 Å². The molecule has 0 amide bonds. The molecule has 0 atom stereocenters. The third kappa shape index (κ3) is 1.57. The highest BCUT2D eigenvalue weighted by atomic mass is 16.3. The quantitative estimate of drug-likeness (QED) is 0.755. The highest BCUT2D eigenvalue weighted by Crippen LogP contribution is 2.33. The molecule has 0 aromatic carbocycles. The molecular formula is C10H15N3O. The molecule has 76 valence electrons. The van der Waals surface area contributed by atoms with Crippen LogP contribution in [0.25, 0.3) is 0 Å². The van der Waals surface area contributed by atoms with Crippen molar-refractivity contribution in [3.8, 4) is 0 Å². The predicted molar refractivity (Wildman–Crippen MR) is 53.9 cm³/mol. The molecule has 2 heterocycles. The molecule has 4 nitrogen and oxygen atoms in total. The van der Waals surface area contributed by atoms with Gasteiger partial charge in [-0.25, -0.2) is 9.97 Å². The van der Waals surface area contributed by atoms with E-state index in [4.69, 9.17) is 5.11 Å². The van der Waals surface area contributed by atoms with E-state index in [0.29, 0.717) is 5.41 Å². The number of rotatable bonds is 2. The van der Waals surface area contributed by atoms with E-state index in [1.165, 1.54) is 6.33 Å². The van der Waals surface area contributed by atoms with Crippen LogP contribution in [0.4, 0.5) is 5.82 Å². The first-order chi connectivity index (χ1) is 6.62. The minimum Gasteiger partial charge on any atom is -0.391 e. The number of aliphatic hydroxyl groups is 1. The van der Waals surface area contributed by atoms with Gasteiger partial charge in [0.05, 0.1) is 6.61 Å². The van der Waals surface area contributed by atoms with E-state index in [2.05, 4.69) is 28.7 Å². The van der Waals surface area contributed by atoms with E-state index in [1.807, 2.05) is 0 Å². The average molecular weight is 193 g/mol. The first-order valence-electron chi connectivity index (χ1n) is 4.77. The Morgan fingerprint density at radius 2 is 2.21 bits per heavy atom. The number of anilines is 1. The van der Waals surface area contributed by atoms with Crippen molar-refractivity contribution >= 4 is 5.82 Å². The van der Waals surface area contributed by atoms with Gasteiger partial charge in [-0.3, -0.25) is 0 Å². The highest BCUT2D eigenvalue weighted by Gasteiger charge is 2.35. The van der Waals surface area contributed by atoms with Crippen LogP contribution in [0.2, 0.25) is 0 Å². The van der Waals surface area contributed by atoms with Crippen molar-refractivity contribution in [3.63, 3.8) is 0 Å². The van der Waals surface area contributed by atoms with Crippen LogP contribution in [0.5, 0.6) is 0 Å². The van der Waals surface area contributed by atoms with Gasteiger partial charge in [-0.1, -0.05) is 13.8 Å². The maximum atomic E-state index is 9.11. The summed E-state index contributed by atoms with van der Waals surface area (Å²) >= 11 is 0. The van der Waals surface area contributed by atoms with Crippen molar-refractivity contribution in [2.75, 3.05) is 18.0 Å². The summed E-state index contributed by atoms with van der Waals surface area (Å²) in [5, 5.41) is 9.11. The molecule has 0 bridgehead atoms. The van der Waals surface area contributed by atoms with E-state index in [1.54, 1.807) is 6.20 Å². The molecule has 0 saturated carbocycles. The van der Waals surface area contributed by atoms with Gasteiger partial charge in [-0.15, -0.1) is 0 Å². The van der Waals surface area contributed by atoms with Gasteiger partial charge in [0.15, 0.2) is 0 Å². The van der Waals surface area contributed by atoms with E-state index in [9.17, 15) is 0 Å². The summed E-state index contributed by atoms with van der Waals surface area (Å²) in [6, 6.07) is 0. The second-order valence-corrected chi connectivity index (χ2v) is 4.55. The second-order valence-electron chi connectivity index (χ2n) is 4.55. The molecule has 0 unspecified atom stereocenters. The Labute approximate surface area is 83.6 Å². The molecule has 0 aliphatic carbocycles. The Morgan fingerprint density at radius 1 is 1.50 bits per heavy atom. The topological polar surface area (TPSA) is 49.2 Å². The van der Waals surface area contributed by atoms with Gasteiger partial charge >= 0.3 is 0 Å². The first kappa shape index (κ1) is 9.40. The Bertz CT molecular complexity index is 330. The molecule has 1 aliphatic rings. The summed E-state index contributed by atoms with van der Waals surface area (Å²) in [6.45, 7) is 6.45. The van der Waals surface area contributed by atoms with Gasteiger partial charge in [-0.2, -0.15) is 0 Å². The summed E-state index contributed by atoms with van der Waals surface area (Å²) in [5.41, 5.74) is 1.18. The molecule has 1 aromatic heterocycles. The molecule has 1 aliphatic heterocycles. The smallest absolute Gasteiger partial charge is 0.137 e. The van der Waals surface area contributed by atoms with Crippen LogP contribution in [0.15, 0.2) is 12.5 Å². The first-order valence-corrected chi connectivity index (χ1v) is 4.77. The molecule has 2 rings (SSSR count). The van der Waals surface area contributed by atoms with Gasteiger partial charge in [-0.05, 0) is 5.41 Å². The Morgan fingerprint density at radius 3 is 2.79 bits per heavy atom. The summed E-state index contributed by atoms with van der Waals surface area (Å²) in [5.74, 6) is 0.877. The van der Waals surface area contributed by atoms with E-state index >= 15 is 0 Å². The van der Waals surface area contributed by atoms with Gasteiger partial charge in [0.25, 0.3) is 0 Å². The van der Waals surface area contributed by atoms with Crippen LogP contribution < -0.4 is 4.90 Å². The van der Waals surface area contributed by atoms with Gasteiger partial charge in [0.2, 0.25) is 0 Å². The molecule has 4 heteroatoms. The maximum absolute atomic E-state index is 9.11. The van der Waals surface area contributed by atoms with Crippen molar-refractivity contribution in [3.05, 3.63) is 18.1 Å². The van der Waals surface area contributed by atoms with Crippen LogP contribution in [0.1, 0.15) is 19.4 Å². The zero-order valence-electron chi connectivity index (χ0n) is 8.56. The lowest BCUT2D eigenvalue weighted by atomic mass is 9.84. The Balaban J connectivity index is 2.18. The van der Waals surface area contributed by atoms with Crippen molar-refractivity contribution in [1.82, 2.24) is 9.97 Å². The average Bonchev–Trinajstić information content (AvgIpc) is 2.14. The van der Waals surface area contributed by atoms with Gasteiger partial charge in [0.1, 0.15) is 12.1 Å². The number of hydrogen-bond acceptors (Lipinski definition) is 4. The predicted octanol–water partition coefficient (Wildman–Crippen LogP) is 0.815. The second kappa shape index (κ2) is 3.20. The molecular weight excluding hydrogens is 178 g/mol. The molecule has 0 radical (unpaired) electrons. The van der Waals surface area contributed by atoms with E-state index in [0.717, 1.165) is 24.5 Å². The lowest BCUT2D eigenvalue weighted by molar-refractivity contribution is 0.263. The third-order valence-electron chi connectivity index (χ3n) is 2.47.